The van der Waals surface area contributed by atoms with E-state index in [2.05, 4.69) is 32.6 Å². The normalized spacial score (nSPS) is 11.2. The van der Waals surface area contributed by atoms with Crippen LogP contribution in [-0.4, -0.2) is 35.6 Å². The van der Waals surface area contributed by atoms with E-state index in [-0.39, 0.29) is 29.5 Å². The van der Waals surface area contributed by atoms with Crippen molar-refractivity contribution in [3.63, 3.8) is 0 Å². The Labute approximate surface area is 168 Å². The Morgan fingerprint density at radius 3 is 2.63 bits per heavy atom. The van der Waals surface area contributed by atoms with Crippen molar-refractivity contribution in [3.05, 3.63) is 55.4 Å². The van der Waals surface area contributed by atoms with Crippen LogP contribution in [0.5, 0.6) is 23.1 Å². The van der Waals surface area contributed by atoms with Crippen molar-refractivity contribution < 1.29 is 19.7 Å². The maximum Gasteiger partial charge on any atom is 0.258 e. The molecule has 3 N–H and O–H groups in total. The number of rotatable bonds is 5. The molecule has 0 unspecified atom stereocenters. The van der Waals surface area contributed by atoms with Gasteiger partial charge in [0.25, 0.3) is 5.56 Å². The van der Waals surface area contributed by atoms with Crippen molar-refractivity contribution in [3.8, 4) is 23.1 Å². The third-order valence-electron chi connectivity index (χ3n) is 4.02. The number of nitrogens with one attached hydrogen (secondary N) is 1. The molecular formula is C19H17IN2O5. The number of aliphatic imine (C=N–C) groups is 1. The van der Waals surface area contributed by atoms with Gasteiger partial charge in [-0.25, -0.2) is 0 Å². The number of H-pyrrole nitrogens is 1. The van der Waals surface area contributed by atoms with E-state index in [0.29, 0.717) is 27.6 Å². The smallest absolute Gasteiger partial charge is 0.258 e. The fourth-order valence-electron chi connectivity index (χ4n) is 2.77. The molecule has 27 heavy (non-hydrogen) atoms. The summed E-state index contributed by atoms with van der Waals surface area (Å²) < 4.78 is 11.2. The van der Waals surface area contributed by atoms with Crippen LogP contribution in [0.2, 0.25) is 0 Å². The first-order chi connectivity index (χ1) is 12.9. The predicted molar refractivity (Wildman–Crippen MR) is 111 cm³/mol. The molecule has 0 aliphatic carbocycles. The number of halogens is 1. The molecule has 3 rings (SSSR count). The van der Waals surface area contributed by atoms with Gasteiger partial charge in [-0.05, 0) is 58.5 Å². The first-order valence-electron chi connectivity index (χ1n) is 7.92. The molecule has 0 saturated heterocycles. The number of aromatic nitrogens is 1. The third-order valence-corrected chi connectivity index (χ3v) is 4.69. The lowest BCUT2D eigenvalue weighted by atomic mass is 10.1. The Bertz CT molecular complexity index is 1090. The molecule has 2 aromatic carbocycles. The molecule has 0 aliphatic rings. The van der Waals surface area contributed by atoms with E-state index < -0.39 is 0 Å². The summed E-state index contributed by atoms with van der Waals surface area (Å²) >= 11 is 2.14. The monoisotopic (exact) mass is 480 g/mol. The lowest BCUT2D eigenvalue weighted by Crippen LogP contribution is -2.08. The summed E-state index contributed by atoms with van der Waals surface area (Å²) in [4.78, 5) is 18.8. The number of fused-ring (bicyclic) bond motifs is 1. The molecule has 0 aliphatic heterocycles. The first-order valence-corrected chi connectivity index (χ1v) is 9.00. The van der Waals surface area contributed by atoms with E-state index in [1.807, 2.05) is 12.1 Å². The molecule has 7 nitrogen and oxygen atoms in total. The van der Waals surface area contributed by atoms with E-state index in [4.69, 9.17) is 9.47 Å². The van der Waals surface area contributed by atoms with Gasteiger partial charge in [0.2, 0.25) is 11.6 Å². The minimum Gasteiger partial charge on any atom is -0.504 e. The first kappa shape index (κ1) is 19.0. The van der Waals surface area contributed by atoms with E-state index in [1.54, 1.807) is 12.1 Å². The van der Waals surface area contributed by atoms with E-state index in [1.165, 1.54) is 26.5 Å². The van der Waals surface area contributed by atoms with Crippen LogP contribution in [-0.2, 0) is 6.54 Å². The third kappa shape index (κ3) is 3.85. The summed E-state index contributed by atoms with van der Waals surface area (Å²) in [6.45, 7) is 0.234. The molecule has 0 amide bonds. The van der Waals surface area contributed by atoms with Crippen molar-refractivity contribution in [1.29, 1.82) is 0 Å². The summed E-state index contributed by atoms with van der Waals surface area (Å²) in [7, 11) is 2.93. The van der Waals surface area contributed by atoms with Crippen LogP contribution in [0.15, 0.2) is 40.1 Å². The largest absolute Gasteiger partial charge is 0.504 e. The highest BCUT2D eigenvalue weighted by Gasteiger charge is 2.12. The Morgan fingerprint density at radius 1 is 1.15 bits per heavy atom. The quantitative estimate of drug-likeness (QED) is 0.385. The molecule has 0 fully saturated rings. The summed E-state index contributed by atoms with van der Waals surface area (Å²) in [5.41, 5.74) is 0.762. The number of nitrogens with zero attached hydrogens (tertiary/aromatic N) is 1. The summed E-state index contributed by atoms with van der Waals surface area (Å²) in [6, 6.07) is 8.59. The van der Waals surface area contributed by atoms with E-state index in [9.17, 15) is 15.0 Å². The molecule has 0 bridgehead atoms. The maximum absolute atomic E-state index is 12.0. The van der Waals surface area contributed by atoms with Gasteiger partial charge in [-0.2, -0.15) is 0 Å². The molecular weight excluding hydrogens is 463 g/mol. The van der Waals surface area contributed by atoms with Crippen LogP contribution in [0.3, 0.4) is 0 Å². The molecule has 3 aromatic rings. The Hall–Kier alpha value is -2.75. The lowest BCUT2D eigenvalue weighted by Gasteiger charge is -2.10. The minimum absolute atomic E-state index is 0.0473. The molecule has 1 heterocycles. The van der Waals surface area contributed by atoms with Crippen LogP contribution in [0.25, 0.3) is 10.8 Å². The van der Waals surface area contributed by atoms with Crippen LogP contribution in [0.4, 0.5) is 0 Å². The van der Waals surface area contributed by atoms with Crippen LogP contribution in [0, 0.1) is 3.57 Å². The average Bonchev–Trinajstić information content (AvgIpc) is 2.63. The van der Waals surface area contributed by atoms with Gasteiger partial charge in [0, 0.05) is 20.6 Å². The topological polar surface area (TPSA) is 104 Å². The highest BCUT2D eigenvalue weighted by atomic mass is 127. The van der Waals surface area contributed by atoms with Gasteiger partial charge in [0.1, 0.15) is 0 Å². The summed E-state index contributed by atoms with van der Waals surface area (Å²) in [6.07, 6.45) is 1.50. The number of hydrogen-bond acceptors (Lipinski definition) is 6. The number of hydrogen-bond donors (Lipinski definition) is 3. The van der Waals surface area contributed by atoms with Crippen molar-refractivity contribution in [2.24, 2.45) is 4.99 Å². The minimum atomic E-state index is -0.360. The van der Waals surface area contributed by atoms with Gasteiger partial charge in [0.15, 0.2) is 11.5 Å². The zero-order valence-corrected chi connectivity index (χ0v) is 16.8. The standard InChI is InChI=1S/C19H17IN2O5/c1-26-16-6-10(5-15(23)17(16)27-2)8-21-9-14-13-7-11(20)3-4-12(13)18(24)22-19(14)25/h3-7,9,23H,8H2,1-2H3,(H2,22,24,25). The van der Waals surface area contributed by atoms with Crippen LogP contribution in [0.1, 0.15) is 11.1 Å². The van der Waals surface area contributed by atoms with E-state index in [0.717, 1.165) is 3.57 Å². The van der Waals surface area contributed by atoms with Gasteiger partial charge in [-0.15, -0.1) is 0 Å². The maximum atomic E-state index is 12.0. The Morgan fingerprint density at radius 2 is 1.93 bits per heavy atom. The molecule has 1 aromatic heterocycles. The predicted octanol–water partition coefficient (Wildman–Crippen LogP) is 3.18. The molecule has 0 atom stereocenters. The van der Waals surface area contributed by atoms with Gasteiger partial charge in [0.05, 0.1) is 26.3 Å². The van der Waals surface area contributed by atoms with E-state index >= 15 is 0 Å². The Kier molecular flexibility index (Phi) is 5.54. The number of phenolic OH excluding ortho intramolecular Hbond substituents is 1. The number of phenols is 1. The average molecular weight is 480 g/mol. The second kappa shape index (κ2) is 7.87. The highest BCUT2D eigenvalue weighted by molar-refractivity contribution is 14.1. The van der Waals surface area contributed by atoms with Crippen LogP contribution < -0.4 is 15.0 Å². The fraction of sp³-hybridized carbons (Fsp3) is 0.158. The highest BCUT2D eigenvalue weighted by Crippen LogP contribution is 2.37. The zero-order chi connectivity index (χ0) is 19.6. The SMILES string of the molecule is COc1cc(CN=Cc2c(O)[nH]c(=O)c3ccc(I)cc23)cc(O)c1OC. The van der Waals surface area contributed by atoms with Gasteiger partial charge >= 0.3 is 0 Å². The zero-order valence-electron chi connectivity index (χ0n) is 14.6. The van der Waals surface area contributed by atoms with Gasteiger partial charge < -0.3 is 19.7 Å². The van der Waals surface area contributed by atoms with Crippen LogP contribution >= 0.6 is 22.6 Å². The van der Waals surface area contributed by atoms with Gasteiger partial charge in [-0.1, -0.05) is 0 Å². The number of aromatic amines is 1. The van der Waals surface area contributed by atoms with Crippen molar-refractivity contribution in [2.45, 2.75) is 6.54 Å². The molecule has 0 radical (unpaired) electrons. The number of benzene rings is 2. The van der Waals surface area contributed by atoms with Crippen molar-refractivity contribution in [1.82, 2.24) is 4.98 Å². The molecule has 0 saturated carbocycles. The molecule has 0 spiro atoms. The molecule has 8 heteroatoms. The lowest BCUT2D eigenvalue weighted by molar-refractivity contribution is 0.332. The van der Waals surface area contributed by atoms with Crippen molar-refractivity contribution in [2.75, 3.05) is 14.2 Å². The summed E-state index contributed by atoms with van der Waals surface area (Å²) in [5, 5.41) is 21.3. The second-order valence-electron chi connectivity index (χ2n) is 5.73. The fourth-order valence-corrected chi connectivity index (χ4v) is 3.26. The Balaban J connectivity index is 1.97. The summed E-state index contributed by atoms with van der Waals surface area (Å²) in [5.74, 6) is 0.362. The number of ether oxygens (including phenoxy) is 2. The number of pyridine rings is 1. The number of methoxy groups -OCH3 is 2. The second-order valence-corrected chi connectivity index (χ2v) is 6.97. The number of aromatic hydroxyl groups is 2. The van der Waals surface area contributed by atoms with Crippen molar-refractivity contribution >= 4 is 39.6 Å². The molecule has 140 valence electrons. The van der Waals surface area contributed by atoms with Gasteiger partial charge in [-0.3, -0.25) is 14.8 Å².